The maximum Gasteiger partial charge on any atom is 0.226 e. The lowest BCUT2D eigenvalue weighted by molar-refractivity contribution is -0.136. The molecule has 0 radical (unpaired) electrons. The second kappa shape index (κ2) is 6.62. The smallest absolute Gasteiger partial charge is 0.226 e. The third kappa shape index (κ3) is 2.87. The first-order chi connectivity index (χ1) is 13.8. The molecule has 1 saturated heterocycles. The number of rotatable bonds is 2. The molecule has 0 N–H and O–H groups in total. The van der Waals surface area contributed by atoms with Crippen molar-refractivity contribution in [3.05, 3.63) is 42.1 Å². The number of allylic oxidation sites excluding steroid dienone is 2. The fourth-order valence-corrected chi connectivity index (χ4v) is 7.66. The molecule has 3 aliphatic carbocycles. The van der Waals surface area contributed by atoms with Crippen LogP contribution in [0.25, 0.3) is 0 Å². The van der Waals surface area contributed by atoms with E-state index in [-0.39, 0.29) is 11.3 Å². The first kappa shape index (κ1) is 19.2. The van der Waals surface area contributed by atoms with Crippen molar-refractivity contribution in [1.29, 1.82) is 0 Å². The molecule has 1 unspecified atom stereocenters. The highest BCUT2D eigenvalue weighted by Crippen LogP contribution is 2.65. The largest absolute Gasteiger partial charge is 0.490 e. The molecule has 7 atom stereocenters. The molecule has 1 heterocycles. The lowest BCUT2D eigenvalue weighted by Gasteiger charge is -2.59. The van der Waals surface area contributed by atoms with E-state index in [0.717, 1.165) is 12.2 Å². The van der Waals surface area contributed by atoms with Gasteiger partial charge in [-0.15, -0.1) is 0 Å². The summed E-state index contributed by atoms with van der Waals surface area (Å²) in [6.07, 6.45) is 9.42. The van der Waals surface area contributed by atoms with Gasteiger partial charge < -0.3 is 9.64 Å². The van der Waals surface area contributed by atoms with Crippen molar-refractivity contribution in [2.75, 3.05) is 7.05 Å². The summed E-state index contributed by atoms with van der Waals surface area (Å²) in [5.41, 5.74) is 1.84. The Morgan fingerprint density at radius 3 is 2.62 bits per heavy atom. The average Bonchev–Trinajstić information content (AvgIpc) is 3.03. The van der Waals surface area contributed by atoms with Crippen LogP contribution < -0.4 is 4.74 Å². The Bertz CT molecular complexity index is 832. The average molecular weight is 394 g/mol. The van der Waals surface area contributed by atoms with Gasteiger partial charge in [0.05, 0.1) is 6.10 Å². The summed E-state index contributed by atoms with van der Waals surface area (Å²) >= 11 is 0. The highest BCUT2D eigenvalue weighted by atomic mass is 16.5. The van der Waals surface area contributed by atoms with Crippen molar-refractivity contribution in [2.45, 2.75) is 65.4 Å². The van der Waals surface area contributed by atoms with E-state index >= 15 is 0 Å². The Morgan fingerprint density at radius 1 is 1.10 bits per heavy atom. The molecule has 1 aromatic carbocycles. The van der Waals surface area contributed by atoms with Crippen LogP contribution in [0.4, 0.5) is 0 Å². The Kier molecular flexibility index (Phi) is 4.38. The van der Waals surface area contributed by atoms with E-state index < -0.39 is 0 Å². The SMILES string of the molecule is C[C@H]1C=C2N(C)C(=O)CC[C@]2(C)[C@H]2CC[C@]3(C)CC(Oc4ccccc4)C[C@H]3[C@H]12. The number of ether oxygens (including phenoxy) is 1. The lowest BCUT2D eigenvalue weighted by Crippen LogP contribution is -2.54. The number of carbonyl (C=O) groups excluding carboxylic acids is 1. The zero-order chi connectivity index (χ0) is 20.4. The van der Waals surface area contributed by atoms with Crippen LogP contribution in [0.5, 0.6) is 5.75 Å². The van der Waals surface area contributed by atoms with Crippen LogP contribution in [0.15, 0.2) is 42.1 Å². The number of amides is 1. The Labute approximate surface area is 175 Å². The summed E-state index contributed by atoms with van der Waals surface area (Å²) in [7, 11) is 1.99. The summed E-state index contributed by atoms with van der Waals surface area (Å²) in [6.45, 7) is 7.36. The van der Waals surface area contributed by atoms with E-state index in [2.05, 4.69) is 51.1 Å². The van der Waals surface area contributed by atoms with Gasteiger partial charge in [-0.25, -0.2) is 0 Å². The fraction of sp³-hybridized carbons (Fsp3) is 0.654. The van der Waals surface area contributed by atoms with Crippen molar-refractivity contribution in [2.24, 2.45) is 34.5 Å². The molecule has 1 amide bonds. The van der Waals surface area contributed by atoms with E-state index in [9.17, 15) is 4.79 Å². The number of fused-ring (bicyclic) bond motifs is 5. The summed E-state index contributed by atoms with van der Waals surface area (Å²) in [4.78, 5) is 14.3. The fourth-order valence-electron chi connectivity index (χ4n) is 7.66. The molecular formula is C26H35NO2. The van der Waals surface area contributed by atoms with Crippen molar-refractivity contribution < 1.29 is 9.53 Å². The first-order valence-corrected chi connectivity index (χ1v) is 11.5. The summed E-state index contributed by atoms with van der Waals surface area (Å²) < 4.78 is 6.44. The molecule has 29 heavy (non-hydrogen) atoms. The van der Waals surface area contributed by atoms with E-state index in [0.29, 0.717) is 41.6 Å². The molecule has 0 aromatic heterocycles. The standard InChI is InChI=1S/C26H35NO2/c1-17-14-22-26(3,13-11-23(28)27(22)4)20-10-12-25(2)16-19(15-21(25)24(17)20)29-18-8-6-5-7-9-18/h5-9,14,17,19-21,24H,10-13,15-16H2,1-4H3/t17-,19?,20-,21-,24+,25+,26+/m0/s1. The second-order valence-corrected chi connectivity index (χ2v) is 10.8. The zero-order valence-electron chi connectivity index (χ0n) is 18.4. The Morgan fingerprint density at radius 2 is 1.86 bits per heavy atom. The van der Waals surface area contributed by atoms with Gasteiger partial charge in [-0.1, -0.05) is 45.0 Å². The van der Waals surface area contributed by atoms with Gasteiger partial charge in [0.25, 0.3) is 0 Å². The summed E-state index contributed by atoms with van der Waals surface area (Å²) in [5.74, 6) is 3.92. The molecule has 3 heteroatoms. The van der Waals surface area contributed by atoms with Crippen molar-refractivity contribution in [1.82, 2.24) is 4.90 Å². The van der Waals surface area contributed by atoms with E-state index in [4.69, 9.17) is 4.74 Å². The van der Waals surface area contributed by atoms with E-state index in [1.165, 1.54) is 31.4 Å². The summed E-state index contributed by atoms with van der Waals surface area (Å²) in [6, 6.07) is 10.3. The van der Waals surface area contributed by atoms with Gasteiger partial charge in [0, 0.05) is 24.6 Å². The van der Waals surface area contributed by atoms with Crippen LogP contribution in [-0.2, 0) is 4.79 Å². The number of carbonyl (C=O) groups is 1. The summed E-state index contributed by atoms with van der Waals surface area (Å²) in [5, 5.41) is 0. The molecule has 0 spiro atoms. The number of para-hydroxylation sites is 1. The maximum absolute atomic E-state index is 12.4. The van der Waals surface area contributed by atoms with Gasteiger partial charge >= 0.3 is 0 Å². The Hall–Kier alpha value is -1.77. The zero-order valence-corrected chi connectivity index (χ0v) is 18.4. The minimum absolute atomic E-state index is 0.152. The third-order valence-corrected chi connectivity index (χ3v) is 9.13. The van der Waals surface area contributed by atoms with Crippen molar-refractivity contribution in [3.63, 3.8) is 0 Å². The van der Waals surface area contributed by atoms with Gasteiger partial charge in [0.15, 0.2) is 0 Å². The van der Waals surface area contributed by atoms with Crippen molar-refractivity contribution in [3.8, 4) is 5.75 Å². The molecule has 1 aliphatic heterocycles. The molecular weight excluding hydrogens is 358 g/mol. The molecule has 3 fully saturated rings. The molecule has 5 rings (SSSR count). The molecule has 0 bridgehead atoms. The highest BCUT2D eigenvalue weighted by Gasteiger charge is 2.60. The molecule has 3 nitrogen and oxygen atoms in total. The second-order valence-electron chi connectivity index (χ2n) is 10.8. The van der Waals surface area contributed by atoms with Crippen LogP contribution >= 0.6 is 0 Å². The van der Waals surface area contributed by atoms with Crippen LogP contribution in [0, 0.1) is 34.5 Å². The van der Waals surface area contributed by atoms with Crippen molar-refractivity contribution >= 4 is 5.91 Å². The molecule has 2 saturated carbocycles. The number of benzene rings is 1. The predicted octanol–water partition coefficient (Wildman–Crippen LogP) is 5.67. The molecule has 1 aromatic rings. The third-order valence-electron chi connectivity index (χ3n) is 9.13. The number of piperidine rings is 1. The Balaban J connectivity index is 1.44. The predicted molar refractivity (Wildman–Crippen MR) is 115 cm³/mol. The van der Waals surface area contributed by atoms with Crippen LogP contribution in [0.1, 0.15) is 59.3 Å². The van der Waals surface area contributed by atoms with E-state index in [1.807, 2.05) is 18.0 Å². The number of hydrogen-bond acceptors (Lipinski definition) is 2. The highest BCUT2D eigenvalue weighted by molar-refractivity contribution is 5.79. The van der Waals surface area contributed by atoms with Crippen LogP contribution in [0.2, 0.25) is 0 Å². The minimum atomic E-state index is 0.152. The van der Waals surface area contributed by atoms with E-state index in [1.54, 1.807) is 0 Å². The van der Waals surface area contributed by atoms with Gasteiger partial charge in [-0.05, 0) is 73.3 Å². The van der Waals surface area contributed by atoms with Crippen LogP contribution in [0.3, 0.4) is 0 Å². The maximum atomic E-state index is 12.4. The van der Waals surface area contributed by atoms with Gasteiger partial charge in [0.2, 0.25) is 5.91 Å². The van der Waals surface area contributed by atoms with Gasteiger partial charge in [0.1, 0.15) is 5.75 Å². The van der Waals surface area contributed by atoms with Gasteiger partial charge in [-0.2, -0.15) is 0 Å². The number of hydrogen-bond donors (Lipinski definition) is 0. The monoisotopic (exact) mass is 393 g/mol. The molecule has 156 valence electrons. The van der Waals surface area contributed by atoms with Crippen LogP contribution in [-0.4, -0.2) is 24.0 Å². The quantitative estimate of drug-likeness (QED) is 0.648. The number of likely N-dealkylation sites (tertiary alicyclic amines) is 1. The molecule has 4 aliphatic rings. The minimum Gasteiger partial charge on any atom is -0.490 e. The topological polar surface area (TPSA) is 29.5 Å². The first-order valence-electron chi connectivity index (χ1n) is 11.5. The number of nitrogens with zero attached hydrogens (tertiary/aromatic N) is 1. The lowest BCUT2D eigenvalue weighted by atomic mass is 9.48. The van der Waals surface area contributed by atoms with Gasteiger partial charge in [-0.3, -0.25) is 4.79 Å². The normalized spacial score (nSPS) is 43.9.